The van der Waals surface area contributed by atoms with Crippen molar-refractivity contribution in [3.05, 3.63) is 40.5 Å². The number of hydrogen-bond donors (Lipinski definition) is 1. The second-order valence-electron chi connectivity index (χ2n) is 4.13. The minimum absolute atomic E-state index is 0.976. The first kappa shape index (κ1) is 12.0. The highest BCUT2D eigenvalue weighted by atomic mass is 14.8. The van der Waals surface area contributed by atoms with E-state index in [1.807, 2.05) is 0 Å². The first-order valence-electron chi connectivity index (χ1n) is 5.58. The molecule has 0 fully saturated rings. The fourth-order valence-electron chi connectivity index (χ4n) is 1.63. The molecule has 0 heterocycles. The summed E-state index contributed by atoms with van der Waals surface area (Å²) in [6, 6.07) is 6.59. The number of hydrogen-bond acceptors (Lipinski definition) is 1. The molecule has 0 spiro atoms. The molecule has 0 atom stereocenters. The van der Waals surface area contributed by atoms with Gasteiger partial charge in [0.1, 0.15) is 0 Å². The lowest BCUT2D eigenvalue weighted by Crippen LogP contribution is -2.14. The minimum Gasteiger partial charge on any atom is -0.313 e. The molecule has 1 nitrogen and oxygen atoms in total. The lowest BCUT2D eigenvalue weighted by atomic mass is 10.0. The number of benzene rings is 1. The van der Waals surface area contributed by atoms with E-state index in [1.54, 1.807) is 0 Å². The fourth-order valence-corrected chi connectivity index (χ4v) is 1.63. The van der Waals surface area contributed by atoms with Crippen LogP contribution in [0.5, 0.6) is 0 Å². The van der Waals surface area contributed by atoms with Gasteiger partial charge in [0.25, 0.3) is 0 Å². The van der Waals surface area contributed by atoms with Crippen molar-refractivity contribution >= 4 is 6.08 Å². The quantitative estimate of drug-likeness (QED) is 0.791. The van der Waals surface area contributed by atoms with Gasteiger partial charge in [-0.15, -0.1) is 0 Å². The molecule has 1 rings (SSSR count). The van der Waals surface area contributed by atoms with Gasteiger partial charge in [0.15, 0.2) is 0 Å². The first-order valence-corrected chi connectivity index (χ1v) is 5.58. The van der Waals surface area contributed by atoms with Gasteiger partial charge in [-0.05, 0) is 38.4 Å². The molecule has 0 aromatic heterocycles. The van der Waals surface area contributed by atoms with Crippen molar-refractivity contribution in [3.8, 4) is 0 Å². The van der Waals surface area contributed by atoms with Gasteiger partial charge in [0.2, 0.25) is 0 Å². The largest absolute Gasteiger partial charge is 0.313 e. The fraction of sp³-hybridized carbons (Fsp3) is 0.429. The second kappa shape index (κ2) is 5.72. The van der Waals surface area contributed by atoms with Crippen LogP contribution in [0, 0.1) is 13.8 Å². The molecule has 1 aromatic carbocycles. The Kier molecular flexibility index (Phi) is 4.57. The Morgan fingerprint density at radius 3 is 2.67 bits per heavy atom. The van der Waals surface area contributed by atoms with Crippen molar-refractivity contribution in [2.75, 3.05) is 13.1 Å². The number of aryl methyl sites for hydroxylation is 2. The molecule has 0 saturated carbocycles. The van der Waals surface area contributed by atoms with Crippen molar-refractivity contribution < 1.29 is 0 Å². The van der Waals surface area contributed by atoms with Crippen LogP contribution in [0.1, 0.15) is 30.5 Å². The molecule has 0 aliphatic heterocycles. The van der Waals surface area contributed by atoms with Crippen molar-refractivity contribution in [2.45, 2.75) is 27.7 Å². The summed E-state index contributed by atoms with van der Waals surface area (Å²) >= 11 is 0. The van der Waals surface area contributed by atoms with Crippen LogP contribution in [0.2, 0.25) is 0 Å². The van der Waals surface area contributed by atoms with E-state index in [0.717, 1.165) is 13.1 Å². The van der Waals surface area contributed by atoms with Gasteiger partial charge in [-0.25, -0.2) is 0 Å². The molecule has 15 heavy (non-hydrogen) atoms. The molecule has 0 aliphatic rings. The van der Waals surface area contributed by atoms with Crippen LogP contribution in [0.4, 0.5) is 0 Å². The second-order valence-corrected chi connectivity index (χ2v) is 4.13. The Morgan fingerprint density at radius 2 is 2.07 bits per heavy atom. The van der Waals surface area contributed by atoms with Gasteiger partial charge < -0.3 is 5.32 Å². The third kappa shape index (κ3) is 3.88. The van der Waals surface area contributed by atoms with E-state index in [4.69, 9.17) is 0 Å². The van der Waals surface area contributed by atoms with Gasteiger partial charge in [-0.1, -0.05) is 42.3 Å². The minimum atomic E-state index is 0.976. The van der Waals surface area contributed by atoms with Gasteiger partial charge >= 0.3 is 0 Å². The highest BCUT2D eigenvalue weighted by Gasteiger charge is 1.96. The van der Waals surface area contributed by atoms with Crippen molar-refractivity contribution in [1.29, 1.82) is 0 Å². The summed E-state index contributed by atoms with van der Waals surface area (Å²) in [5.74, 6) is 0. The standard InChI is InChI=1S/C14H21N/c1-5-15-10-12(3)9-14-7-6-11(2)8-13(14)4/h6-9,15H,5,10H2,1-4H3. The molecular formula is C14H21N. The van der Waals surface area contributed by atoms with E-state index in [0.29, 0.717) is 0 Å². The Labute approximate surface area is 93.2 Å². The summed E-state index contributed by atoms with van der Waals surface area (Å²) < 4.78 is 0. The number of rotatable bonds is 4. The molecule has 0 saturated heterocycles. The van der Waals surface area contributed by atoms with E-state index < -0.39 is 0 Å². The van der Waals surface area contributed by atoms with Crippen LogP contribution in [0.15, 0.2) is 23.8 Å². The summed E-state index contributed by atoms with van der Waals surface area (Å²) in [7, 11) is 0. The Morgan fingerprint density at radius 1 is 1.33 bits per heavy atom. The Bertz CT molecular complexity index is 350. The van der Waals surface area contributed by atoms with E-state index in [1.165, 1.54) is 22.3 Å². The predicted molar refractivity (Wildman–Crippen MR) is 68.1 cm³/mol. The molecule has 1 aromatic rings. The van der Waals surface area contributed by atoms with Gasteiger partial charge in [0.05, 0.1) is 0 Å². The van der Waals surface area contributed by atoms with Crippen molar-refractivity contribution in [3.63, 3.8) is 0 Å². The Balaban J connectivity index is 2.78. The van der Waals surface area contributed by atoms with Gasteiger partial charge in [0, 0.05) is 6.54 Å². The normalized spacial score (nSPS) is 11.9. The van der Waals surface area contributed by atoms with E-state index >= 15 is 0 Å². The zero-order chi connectivity index (χ0) is 11.3. The molecule has 0 amide bonds. The van der Waals surface area contributed by atoms with Crippen molar-refractivity contribution in [2.24, 2.45) is 0 Å². The topological polar surface area (TPSA) is 12.0 Å². The van der Waals surface area contributed by atoms with E-state index in [2.05, 4.69) is 57.3 Å². The highest BCUT2D eigenvalue weighted by molar-refractivity contribution is 5.57. The molecule has 0 unspecified atom stereocenters. The summed E-state index contributed by atoms with van der Waals surface area (Å²) in [4.78, 5) is 0. The zero-order valence-electron chi connectivity index (χ0n) is 10.2. The Hall–Kier alpha value is -1.08. The SMILES string of the molecule is CCNCC(C)=Cc1ccc(C)cc1C. The van der Waals surface area contributed by atoms with Gasteiger partial charge in [-0.2, -0.15) is 0 Å². The van der Waals surface area contributed by atoms with Gasteiger partial charge in [-0.3, -0.25) is 0 Å². The summed E-state index contributed by atoms with van der Waals surface area (Å²) in [6.07, 6.45) is 2.26. The maximum atomic E-state index is 3.33. The first-order chi connectivity index (χ1) is 7.13. The lowest BCUT2D eigenvalue weighted by molar-refractivity contribution is 0.778. The average molecular weight is 203 g/mol. The molecule has 1 N–H and O–H groups in total. The van der Waals surface area contributed by atoms with Crippen LogP contribution >= 0.6 is 0 Å². The number of nitrogens with one attached hydrogen (secondary N) is 1. The van der Waals surface area contributed by atoms with E-state index in [-0.39, 0.29) is 0 Å². The van der Waals surface area contributed by atoms with Crippen LogP contribution in [-0.2, 0) is 0 Å². The molecule has 0 radical (unpaired) electrons. The van der Waals surface area contributed by atoms with Crippen molar-refractivity contribution in [1.82, 2.24) is 5.32 Å². The predicted octanol–water partition coefficient (Wildman–Crippen LogP) is 3.32. The molecule has 82 valence electrons. The molecular weight excluding hydrogens is 182 g/mol. The number of likely N-dealkylation sites (N-methyl/N-ethyl adjacent to an activating group) is 1. The van der Waals surface area contributed by atoms with Crippen LogP contribution < -0.4 is 5.32 Å². The van der Waals surface area contributed by atoms with Crippen LogP contribution in [0.3, 0.4) is 0 Å². The zero-order valence-corrected chi connectivity index (χ0v) is 10.2. The molecule has 1 heteroatoms. The molecule has 0 aliphatic carbocycles. The van der Waals surface area contributed by atoms with Crippen LogP contribution in [-0.4, -0.2) is 13.1 Å². The smallest absolute Gasteiger partial charge is 0.0165 e. The summed E-state index contributed by atoms with van der Waals surface area (Å²) in [6.45, 7) is 10.6. The molecule has 0 bridgehead atoms. The maximum absolute atomic E-state index is 3.33. The van der Waals surface area contributed by atoms with Crippen LogP contribution in [0.25, 0.3) is 6.08 Å². The average Bonchev–Trinajstić information content (AvgIpc) is 2.19. The monoisotopic (exact) mass is 203 g/mol. The summed E-state index contributed by atoms with van der Waals surface area (Å²) in [5, 5.41) is 3.33. The van der Waals surface area contributed by atoms with E-state index in [9.17, 15) is 0 Å². The summed E-state index contributed by atoms with van der Waals surface area (Å²) in [5.41, 5.74) is 5.39. The maximum Gasteiger partial charge on any atom is 0.0165 e. The lowest BCUT2D eigenvalue weighted by Gasteiger charge is -2.05. The highest BCUT2D eigenvalue weighted by Crippen LogP contribution is 2.13. The third-order valence-electron chi connectivity index (χ3n) is 2.48. The third-order valence-corrected chi connectivity index (χ3v) is 2.48.